The normalized spacial score (nSPS) is 15.6. The van der Waals surface area contributed by atoms with Crippen molar-refractivity contribution in [2.24, 2.45) is 0 Å². The number of aromatic nitrogens is 4. The minimum atomic E-state index is 0.951. The summed E-state index contributed by atoms with van der Waals surface area (Å²) in [6.45, 7) is 7.28. The van der Waals surface area contributed by atoms with Gasteiger partial charge in [0, 0.05) is 55.6 Å². The SMILES string of the molecule is CCc1cc(N2CCN(Cc3ccc(-c4ccn[nH]4)s3)CC2)ncn1. The Labute approximate surface area is 151 Å². The van der Waals surface area contributed by atoms with Gasteiger partial charge in [-0.25, -0.2) is 9.97 Å². The fourth-order valence-electron chi connectivity index (χ4n) is 3.11. The molecule has 4 heterocycles. The van der Waals surface area contributed by atoms with Crippen molar-refractivity contribution in [3.05, 3.63) is 47.4 Å². The molecular formula is C18H22N6S. The van der Waals surface area contributed by atoms with Crippen molar-refractivity contribution in [3.63, 3.8) is 0 Å². The number of hydrogen-bond acceptors (Lipinski definition) is 6. The lowest BCUT2D eigenvalue weighted by atomic mass is 10.2. The molecule has 25 heavy (non-hydrogen) atoms. The van der Waals surface area contributed by atoms with Gasteiger partial charge in [-0.05, 0) is 24.6 Å². The molecule has 4 rings (SSSR count). The van der Waals surface area contributed by atoms with Crippen molar-refractivity contribution < 1.29 is 0 Å². The Morgan fingerprint density at radius 1 is 1.12 bits per heavy atom. The molecule has 0 spiro atoms. The third kappa shape index (κ3) is 3.72. The number of nitrogens with one attached hydrogen (secondary N) is 1. The molecule has 7 heteroatoms. The zero-order valence-electron chi connectivity index (χ0n) is 14.4. The average Bonchev–Trinajstić information content (AvgIpc) is 3.34. The molecule has 0 bridgehead atoms. The van der Waals surface area contributed by atoms with Crippen LogP contribution in [0.3, 0.4) is 0 Å². The van der Waals surface area contributed by atoms with Crippen LogP contribution < -0.4 is 4.90 Å². The number of anilines is 1. The van der Waals surface area contributed by atoms with Gasteiger partial charge in [-0.15, -0.1) is 11.3 Å². The first-order valence-electron chi connectivity index (χ1n) is 8.68. The third-order valence-corrected chi connectivity index (χ3v) is 5.68. The summed E-state index contributed by atoms with van der Waals surface area (Å²) in [5, 5.41) is 7.06. The first kappa shape index (κ1) is 16.2. The van der Waals surface area contributed by atoms with Gasteiger partial charge < -0.3 is 4.90 Å². The Bertz CT molecular complexity index is 805. The number of hydrogen-bond donors (Lipinski definition) is 1. The second kappa shape index (κ2) is 7.33. The van der Waals surface area contributed by atoms with E-state index in [1.54, 1.807) is 12.5 Å². The number of aryl methyl sites for hydroxylation is 1. The van der Waals surface area contributed by atoms with E-state index < -0.39 is 0 Å². The maximum absolute atomic E-state index is 4.44. The molecule has 1 fully saturated rings. The zero-order chi connectivity index (χ0) is 17.1. The summed E-state index contributed by atoms with van der Waals surface area (Å²) in [5.41, 5.74) is 2.20. The van der Waals surface area contributed by atoms with Crippen LogP contribution in [0.15, 0.2) is 36.8 Å². The Kier molecular flexibility index (Phi) is 4.76. The molecule has 1 N–H and O–H groups in total. The van der Waals surface area contributed by atoms with E-state index in [0.29, 0.717) is 0 Å². The van der Waals surface area contributed by atoms with Crippen LogP contribution in [0.2, 0.25) is 0 Å². The number of piperazine rings is 1. The fourth-order valence-corrected chi connectivity index (χ4v) is 4.13. The molecule has 0 radical (unpaired) electrons. The predicted molar refractivity (Wildman–Crippen MR) is 101 cm³/mol. The van der Waals surface area contributed by atoms with E-state index in [1.807, 2.05) is 17.4 Å². The van der Waals surface area contributed by atoms with E-state index in [0.717, 1.165) is 56.4 Å². The van der Waals surface area contributed by atoms with Crippen LogP contribution in [0.1, 0.15) is 17.5 Å². The molecule has 1 saturated heterocycles. The summed E-state index contributed by atoms with van der Waals surface area (Å²) in [6.07, 6.45) is 4.43. The maximum atomic E-state index is 4.44. The molecule has 0 aromatic carbocycles. The highest BCUT2D eigenvalue weighted by atomic mass is 32.1. The largest absolute Gasteiger partial charge is 0.354 e. The lowest BCUT2D eigenvalue weighted by Gasteiger charge is -2.35. The summed E-state index contributed by atoms with van der Waals surface area (Å²) >= 11 is 1.84. The van der Waals surface area contributed by atoms with E-state index in [9.17, 15) is 0 Å². The number of thiophene rings is 1. The first-order chi connectivity index (χ1) is 12.3. The van der Waals surface area contributed by atoms with E-state index in [2.05, 4.69) is 55.1 Å². The second-order valence-corrected chi connectivity index (χ2v) is 7.39. The molecular weight excluding hydrogens is 332 g/mol. The summed E-state index contributed by atoms with van der Waals surface area (Å²) < 4.78 is 0. The smallest absolute Gasteiger partial charge is 0.132 e. The summed E-state index contributed by atoms with van der Waals surface area (Å²) in [7, 11) is 0. The number of aromatic amines is 1. The van der Waals surface area contributed by atoms with Crippen LogP contribution >= 0.6 is 11.3 Å². The quantitative estimate of drug-likeness (QED) is 0.763. The van der Waals surface area contributed by atoms with Gasteiger partial charge in [0.15, 0.2) is 0 Å². The Hall–Kier alpha value is -2.25. The number of H-pyrrole nitrogens is 1. The van der Waals surface area contributed by atoms with Gasteiger partial charge in [0.2, 0.25) is 0 Å². The van der Waals surface area contributed by atoms with Gasteiger partial charge in [-0.2, -0.15) is 5.10 Å². The highest BCUT2D eigenvalue weighted by Crippen LogP contribution is 2.27. The van der Waals surface area contributed by atoms with E-state index >= 15 is 0 Å². The predicted octanol–water partition coefficient (Wildman–Crippen LogP) is 2.81. The Morgan fingerprint density at radius 2 is 2.00 bits per heavy atom. The molecule has 0 atom stereocenters. The van der Waals surface area contributed by atoms with Crippen LogP contribution in [-0.2, 0) is 13.0 Å². The van der Waals surface area contributed by atoms with Crippen molar-refractivity contribution in [2.75, 3.05) is 31.1 Å². The van der Waals surface area contributed by atoms with Crippen LogP contribution in [0, 0.1) is 0 Å². The molecule has 1 aliphatic heterocycles. The van der Waals surface area contributed by atoms with Gasteiger partial charge in [0.25, 0.3) is 0 Å². The second-order valence-electron chi connectivity index (χ2n) is 6.22. The molecule has 130 valence electrons. The van der Waals surface area contributed by atoms with Crippen molar-refractivity contribution in [3.8, 4) is 10.6 Å². The lowest BCUT2D eigenvalue weighted by Crippen LogP contribution is -2.46. The van der Waals surface area contributed by atoms with Gasteiger partial charge in [-0.1, -0.05) is 6.92 Å². The monoisotopic (exact) mass is 354 g/mol. The van der Waals surface area contributed by atoms with Crippen LogP contribution in [0.5, 0.6) is 0 Å². The van der Waals surface area contributed by atoms with Crippen LogP contribution in [-0.4, -0.2) is 51.2 Å². The van der Waals surface area contributed by atoms with Crippen molar-refractivity contribution in [1.29, 1.82) is 0 Å². The van der Waals surface area contributed by atoms with Gasteiger partial charge in [0.1, 0.15) is 12.1 Å². The molecule has 0 aliphatic carbocycles. The van der Waals surface area contributed by atoms with Gasteiger partial charge >= 0.3 is 0 Å². The highest BCUT2D eigenvalue weighted by molar-refractivity contribution is 7.15. The van der Waals surface area contributed by atoms with E-state index in [-0.39, 0.29) is 0 Å². The lowest BCUT2D eigenvalue weighted by molar-refractivity contribution is 0.251. The molecule has 3 aromatic heterocycles. The first-order valence-corrected chi connectivity index (χ1v) is 9.50. The third-order valence-electron chi connectivity index (χ3n) is 4.58. The topological polar surface area (TPSA) is 60.9 Å². The minimum absolute atomic E-state index is 0.951. The standard InChI is InChI=1S/C18H22N6S/c1-2-14-11-18(20-13-19-14)24-9-7-23(8-10-24)12-15-3-4-17(25-15)16-5-6-21-22-16/h3-6,11,13H,2,7-10,12H2,1H3,(H,21,22). The van der Waals surface area contributed by atoms with E-state index in [1.165, 1.54) is 9.75 Å². The Morgan fingerprint density at radius 3 is 2.76 bits per heavy atom. The molecule has 3 aromatic rings. The van der Waals surface area contributed by atoms with Crippen molar-refractivity contribution in [1.82, 2.24) is 25.1 Å². The van der Waals surface area contributed by atoms with Crippen molar-refractivity contribution in [2.45, 2.75) is 19.9 Å². The van der Waals surface area contributed by atoms with Crippen LogP contribution in [0.25, 0.3) is 10.6 Å². The minimum Gasteiger partial charge on any atom is -0.354 e. The summed E-state index contributed by atoms with van der Waals surface area (Å²) in [6, 6.07) is 8.54. The molecule has 0 saturated carbocycles. The molecule has 1 aliphatic rings. The zero-order valence-corrected chi connectivity index (χ0v) is 15.2. The number of rotatable bonds is 5. The number of nitrogens with zero attached hydrogens (tertiary/aromatic N) is 5. The van der Waals surface area contributed by atoms with Gasteiger partial charge in [0.05, 0.1) is 10.6 Å². The van der Waals surface area contributed by atoms with E-state index in [4.69, 9.17) is 0 Å². The summed E-state index contributed by atoms with van der Waals surface area (Å²) in [4.78, 5) is 16.3. The molecule has 0 unspecified atom stereocenters. The molecule has 0 amide bonds. The highest BCUT2D eigenvalue weighted by Gasteiger charge is 2.19. The average molecular weight is 354 g/mol. The molecule has 6 nitrogen and oxygen atoms in total. The summed E-state index contributed by atoms with van der Waals surface area (Å²) in [5.74, 6) is 1.06. The Balaban J connectivity index is 1.34. The fraction of sp³-hybridized carbons (Fsp3) is 0.389. The maximum Gasteiger partial charge on any atom is 0.132 e. The van der Waals surface area contributed by atoms with Crippen LogP contribution in [0.4, 0.5) is 5.82 Å². The van der Waals surface area contributed by atoms with Gasteiger partial charge in [-0.3, -0.25) is 10.00 Å². The van der Waals surface area contributed by atoms with Crippen molar-refractivity contribution >= 4 is 17.2 Å².